The topological polar surface area (TPSA) is 107 Å². The standard InChI is InChI=1S/C12H13N5O/c1-7-2-4-8(5-3-7)9-6-10(11(18)17-14)16-12(13)15-9/h2-6H,14H2,1H3,(H,17,18)(H2,13,15,16). The summed E-state index contributed by atoms with van der Waals surface area (Å²) in [5.41, 5.74) is 10.3. The van der Waals surface area contributed by atoms with Gasteiger partial charge in [-0.05, 0) is 13.0 Å². The highest BCUT2D eigenvalue weighted by molar-refractivity contribution is 5.93. The predicted molar refractivity (Wildman–Crippen MR) is 68.3 cm³/mol. The molecule has 0 aliphatic heterocycles. The lowest BCUT2D eigenvalue weighted by molar-refractivity contribution is 0.0948. The van der Waals surface area contributed by atoms with Crippen LogP contribution in [0.2, 0.25) is 0 Å². The van der Waals surface area contributed by atoms with Crippen molar-refractivity contribution in [3.05, 3.63) is 41.6 Å². The first-order chi connectivity index (χ1) is 8.60. The average Bonchev–Trinajstić information content (AvgIpc) is 2.38. The van der Waals surface area contributed by atoms with Gasteiger partial charge in [-0.15, -0.1) is 0 Å². The number of anilines is 1. The van der Waals surface area contributed by atoms with E-state index >= 15 is 0 Å². The van der Waals surface area contributed by atoms with Gasteiger partial charge in [-0.2, -0.15) is 0 Å². The van der Waals surface area contributed by atoms with Gasteiger partial charge < -0.3 is 5.73 Å². The quantitative estimate of drug-likeness (QED) is 0.407. The number of nitrogens with two attached hydrogens (primary N) is 2. The first-order valence-corrected chi connectivity index (χ1v) is 5.32. The molecule has 0 atom stereocenters. The van der Waals surface area contributed by atoms with Gasteiger partial charge in [-0.25, -0.2) is 15.8 Å². The molecule has 2 aromatic rings. The lowest BCUT2D eigenvalue weighted by Gasteiger charge is -2.05. The van der Waals surface area contributed by atoms with Gasteiger partial charge in [-0.3, -0.25) is 10.2 Å². The summed E-state index contributed by atoms with van der Waals surface area (Å²) < 4.78 is 0. The van der Waals surface area contributed by atoms with Gasteiger partial charge in [0.15, 0.2) is 0 Å². The van der Waals surface area contributed by atoms with Gasteiger partial charge in [0.2, 0.25) is 5.95 Å². The van der Waals surface area contributed by atoms with Crippen molar-refractivity contribution in [2.24, 2.45) is 5.84 Å². The summed E-state index contributed by atoms with van der Waals surface area (Å²) >= 11 is 0. The number of rotatable bonds is 2. The molecule has 18 heavy (non-hydrogen) atoms. The van der Waals surface area contributed by atoms with Crippen LogP contribution in [0.25, 0.3) is 11.3 Å². The Bertz CT molecular complexity index is 580. The fraction of sp³-hybridized carbons (Fsp3) is 0.0833. The van der Waals surface area contributed by atoms with Crippen molar-refractivity contribution >= 4 is 11.9 Å². The van der Waals surface area contributed by atoms with E-state index in [1.165, 1.54) is 0 Å². The van der Waals surface area contributed by atoms with Crippen molar-refractivity contribution in [3.63, 3.8) is 0 Å². The van der Waals surface area contributed by atoms with Crippen LogP contribution >= 0.6 is 0 Å². The molecule has 1 aromatic carbocycles. The maximum atomic E-state index is 11.4. The van der Waals surface area contributed by atoms with E-state index in [1.807, 2.05) is 36.6 Å². The first-order valence-electron chi connectivity index (χ1n) is 5.32. The molecule has 1 aromatic heterocycles. The molecule has 5 N–H and O–H groups in total. The van der Waals surface area contributed by atoms with Crippen molar-refractivity contribution in [2.75, 3.05) is 5.73 Å². The summed E-state index contributed by atoms with van der Waals surface area (Å²) in [4.78, 5) is 19.3. The molecule has 92 valence electrons. The second kappa shape index (κ2) is 4.80. The molecule has 0 bridgehead atoms. The second-order valence-corrected chi connectivity index (χ2v) is 3.84. The third-order valence-corrected chi connectivity index (χ3v) is 2.45. The lowest BCUT2D eigenvalue weighted by atomic mass is 10.1. The third kappa shape index (κ3) is 2.44. The maximum Gasteiger partial charge on any atom is 0.283 e. The number of hydrogen-bond acceptors (Lipinski definition) is 5. The Morgan fingerprint density at radius 2 is 1.89 bits per heavy atom. The first kappa shape index (κ1) is 12.0. The van der Waals surface area contributed by atoms with Crippen molar-refractivity contribution in [1.82, 2.24) is 15.4 Å². The largest absolute Gasteiger partial charge is 0.368 e. The number of nitrogen functional groups attached to an aromatic ring is 2. The molecule has 6 nitrogen and oxygen atoms in total. The van der Waals surface area contributed by atoms with Crippen LogP contribution < -0.4 is 17.0 Å². The van der Waals surface area contributed by atoms with Crippen molar-refractivity contribution in [1.29, 1.82) is 0 Å². The molecule has 0 radical (unpaired) electrons. The lowest BCUT2D eigenvalue weighted by Crippen LogP contribution is -2.31. The predicted octanol–water partition coefficient (Wildman–Crippen LogP) is 0.638. The number of hydrogen-bond donors (Lipinski definition) is 3. The van der Waals surface area contributed by atoms with Crippen LogP contribution in [0.1, 0.15) is 16.1 Å². The molecule has 0 fully saturated rings. The SMILES string of the molecule is Cc1ccc(-c2cc(C(=O)NN)nc(N)n2)cc1. The highest BCUT2D eigenvalue weighted by atomic mass is 16.2. The van der Waals surface area contributed by atoms with Crippen molar-refractivity contribution in [3.8, 4) is 11.3 Å². The fourth-order valence-electron chi connectivity index (χ4n) is 1.53. The number of nitrogens with zero attached hydrogens (tertiary/aromatic N) is 2. The molecule has 0 spiro atoms. The van der Waals surface area contributed by atoms with E-state index in [9.17, 15) is 4.79 Å². The molecule has 0 saturated carbocycles. The summed E-state index contributed by atoms with van der Waals surface area (Å²) in [6, 6.07) is 9.26. The fourth-order valence-corrected chi connectivity index (χ4v) is 1.53. The van der Waals surface area contributed by atoms with Gasteiger partial charge in [0, 0.05) is 5.56 Å². The number of aryl methyl sites for hydroxylation is 1. The number of hydrazine groups is 1. The third-order valence-electron chi connectivity index (χ3n) is 2.45. The summed E-state index contributed by atoms with van der Waals surface area (Å²) in [7, 11) is 0. The van der Waals surface area contributed by atoms with E-state index < -0.39 is 5.91 Å². The van der Waals surface area contributed by atoms with Crippen LogP contribution in [-0.4, -0.2) is 15.9 Å². The van der Waals surface area contributed by atoms with Crippen LogP contribution in [0, 0.1) is 6.92 Å². The molecular formula is C12H13N5O. The smallest absolute Gasteiger partial charge is 0.283 e. The number of amides is 1. The van der Waals surface area contributed by atoms with E-state index in [1.54, 1.807) is 6.07 Å². The zero-order valence-electron chi connectivity index (χ0n) is 9.84. The van der Waals surface area contributed by atoms with Gasteiger partial charge >= 0.3 is 0 Å². The maximum absolute atomic E-state index is 11.4. The molecule has 1 amide bonds. The Hall–Kier alpha value is -2.47. The van der Waals surface area contributed by atoms with E-state index in [4.69, 9.17) is 11.6 Å². The summed E-state index contributed by atoms with van der Waals surface area (Å²) in [5.74, 6) is 4.59. The van der Waals surface area contributed by atoms with Crippen molar-refractivity contribution < 1.29 is 4.79 Å². The van der Waals surface area contributed by atoms with Gasteiger partial charge in [0.05, 0.1) is 5.69 Å². The summed E-state index contributed by atoms with van der Waals surface area (Å²) in [6.07, 6.45) is 0. The van der Waals surface area contributed by atoms with E-state index in [2.05, 4.69) is 9.97 Å². The Morgan fingerprint density at radius 3 is 2.50 bits per heavy atom. The number of carbonyl (C=O) groups is 1. The Kier molecular flexibility index (Phi) is 3.20. The molecule has 2 rings (SSSR count). The van der Waals surface area contributed by atoms with Crippen LogP contribution in [-0.2, 0) is 0 Å². The molecule has 0 aliphatic rings. The van der Waals surface area contributed by atoms with Crippen LogP contribution in [0.3, 0.4) is 0 Å². The molecule has 6 heteroatoms. The zero-order chi connectivity index (χ0) is 13.1. The average molecular weight is 243 g/mol. The number of benzene rings is 1. The van der Waals surface area contributed by atoms with Crippen LogP contribution in [0.4, 0.5) is 5.95 Å². The van der Waals surface area contributed by atoms with E-state index in [0.29, 0.717) is 5.69 Å². The van der Waals surface area contributed by atoms with Crippen LogP contribution in [0.15, 0.2) is 30.3 Å². The van der Waals surface area contributed by atoms with E-state index in [-0.39, 0.29) is 11.6 Å². The van der Waals surface area contributed by atoms with Gasteiger partial charge in [0.25, 0.3) is 5.91 Å². The normalized spacial score (nSPS) is 10.1. The minimum Gasteiger partial charge on any atom is -0.368 e. The molecule has 0 aliphatic carbocycles. The van der Waals surface area contributed by atoms with Crippen molar-refractivity contribution in [2.45, 2.75) is 6.92 Å². The Morgan fingerprint density at radius 1 is 1.22 bits per heavy atom. The van der Waals surface area contributed by atoms with Gasteiger partial charge in [0.1, 0.15) is 5.69 Å². The van der Waals surface area contributed by atoms with Crippen LogP contribution in [0.5, 0.6) is 0 Å². The molecule has 0 unspecified atom stereocenters. The minimum atomic E-state index is -0.502. The number of nitrogens with one attached hydrogen (secondary N) is 1. The number of aromatic nitrogens is 2. The Balaban J connectivity index is 2.48. The molecule has 1 heterocycles. The summed E-state index contributed by atoms with van der Waals surface area (Å²) in [5, 5.41) is 0. The minimum absolute atomic E-state index is 0.0340. The zero-order valence-corrected chi connectivity index (χ0v) is 9.84. The second-order valence-electron chi connectivity index (χ2n) is 3.84. The molecular weight excluding hydrogens is 230 g/mol. The highest BCUT2D eigenvalue weighted by Crippen LogP contribution is 2.19. The highest BCUT2D eigenvalue weighted by Gasteiger charge is 2.10. The Labute approximate surface area is 104 Å². The summed E-state index contributed by atoms with van der Waals surface area (Å²) in [6.45, 7) is 1.99. The molecule has 0 saturated heterocycles. The van der Waals surface area contributed by atoms with E-state index in [0.717, 1.165) is 11.1 Å². The monoisotopic (exact) mass is 243 g/mol. The number of carbonyl (C=O) groups excluding carboxylic acids is 1. The van der Waals surface area contributed by atoms with Gasteiger partial charge in [-0.1, -0.05) is 29.8 Å².